The van der Waals surface area contributed by atoms with Gasteiger partial charge in [-0.3, -0.25) is 4.79 Å². The average Bonchev–Trinajstić information content (AvgIpc) is 2.55. The molecule has 0 radical (unpaired) electrons. The van der Waals surface area contributed by atoms with Crippen LogP contribution >= 0.6 is 0 Å². The average molecular weight is 319 g/mol. The molecule has 0 heterocycles. The predicted molar refractivity (Wildman–Crippen MR) is 96.7 cm³/mol. The molecule has 3 heteroatoms. The lowest BCUT2D eigenvalue weighted by atomic mass is 10.0. The van der Waals surface area contributed by atoms with Crippen molar-refractivity contribution in [3.63, 3.8) is 0 Å². The van der Waals surface area contributed by atoms with Crippen LogP contribution in [0.1, 0.15) is 76.3 Å². The molecule has 0 aliphatic rings. The highest BCUT2D eigenvalue weighted by Crippen LogP contribution is 2.11. The topological polar surface area (TPSA) is 49.3 Å². The van der Waals surface area contributed by atoms with Gasteiger partial charge in [0.15, 0.2) is 0 Å². The molecule has 1 atom stereocenters. The number of benzene rings is 1. The lowest BCUT2D eigenvalue weighted by Crippen LogP contribution is -2.26. The maximum absolute atomic E-state index is 10.5. The first-order valence-corrected chi connectivity index (χ1v) is 9.14. The Hall–Kier alpha value is -1.35. The molecule has 1 rings (SSSR count). The van der Waals surface area contributed by atoms with Crippen molar-refractivity contribution in [2.24, 2.45) is 0 Å². The van der Waals surface area contributed by atoms with Crippen molar-refractivity contribution in [1.29, 1.82) is 0 Å². The van der Waals surface area contributed by atoms with Gasteiger partial charge in [-0.2, -0.15) is 0 Å². The molecule has 130 valence electrons. The quantitative estimate of drug-likeness (QED) is 0.507. The first kappa shape index (κ1) is 19.7. The van der Waals surface area contributed by atoms with E-state index < -0.39 is 5.97 Å². The van der Waals surface area contributed by atoms with E-state index in [1.807, 2.05) is 6.92 Å². The molecule has 1 aromatic rings. The largest absolute Gasteiger partial charge is 0.481 e. The molecule has 0 bridgehead atoms. The molecule has 1 unspecified atom stereocenters. The summed E-state index contributed by atoms with van der Waals surface area (Å²) in [6, 6.07) is 9.05. The highest BCUT2D eigenvalue weighted by molar-refractivity contribution is 5.66. The fourth-order valence-corrected chi connectivity index (χ4v) is 2.67. The Morgan fingerprint density at radius 2 is 1.65 bits per heavy atom. The number of carboxylic acids is 1. The van der Waals surface area contributed by atoms with Crippen LogP contribution in [0.15, 0.2) is 24.3 Å². The molecular weight excluding hydrogens is 286 g/mol. The van der Waals surface area contributed by atoms with E-state index >= 15 is 0 Å². The van der Waals surface area contributed by atoms with Crippen LogP contribution in [-0.2, 0) is 17.8 Å². The zero-order valence-electron chi connectivity index (χ0n) is 14.8. The number of rotatable bonds is 13. The van der Waals surface area contributed by atoms with Gasteiger partial charge in [0.05, 0.1) is 0 Å². The fraction of sp³-hybridized carbons (Fsp3) is 0.650. The van der Waals surface area contributed by atoms with E-state index in [1.54, 1.807) is 0 Å². The summed E-state index contributed by atoms with van der Waals surface area (Å²) in [5.74, 6) is -0.724. The van der Waals surface area contributed by atoms with Gasteiger partial charge < -0.3 is 10.4 Å². The van der Waals surface area contributed by atoms with Crippen molar-refractivity contribution >= 4 is 5.97 Å². The van der Waals surface area contributed by atoms with Gasteiger partial charge in [-0.1, -0.05) is 63.3 Å². The summed E-state index contributed by atoms with van der Waals surface area (Å²) >= 11 is 0. The number of nitrogens with one attached hydrogen (secondary N) is 1. The number of aryl methyl sites for hydroxylation is 1. The summed E-state index contributed by atoms with van der Waals surface area (Å²) in [6.07, 6.45) is 10.1. The van der Waals surface area contributed by atoms with Gasteiger partial charge in [0.2, 0.25) is 0 Å². The molecule has 0 saturated carbocycles. The second kappa shape index (κ2) is 12.1. The van der Waals surface area contributed by atoms with Crippen LogP contribution in [0.3, 0.4) is 0 Å². The molecule has 0 saturated heterocycles. The van der Waals surface area contributed by atoms with E-state index in [9.17, 15) is 4.79 Å². The molecule has 0 amide bonds. The number of carbonyl (C=O) groups is 1. The molecule has 0 fully saturated rings. The lowest BCUT2D eigenvalue weighted by Gasteiger charge is -2.13. The van der Waals surface area contributed by atoms with Crippen LogP contribution in [0.2, 0.25) is 0 Å². The maximum atomic E-state index is 10.5. The monoisotopic (exact) mass is 319 g/mol. The van der Waals surface area contributed by atoms with Gasteiger partial charge in [-0.05, 0) is 37.3 Å². The third-order valence-electron chi connectivity index (χ3n) is 4.29. The molecular formula is C20H33NO2. The van der Waals surface area contributed by atoms with Gasteiger partial charge in [0.25, 0.3) is 0 Å². The van der Waals surface area contributed by atoms with Gasteiger partial charge >= 0.3 is 5.97 Å². The highest BCUT2D eigenvalue weighted by Gasteiger charge is 2.05. The van der Waals surface area contributed by atoms with Crippen LogP contribution in [0.25, 0.3) is 0 Å². The van der Waals surface area contributed by atoms with Crippen molar-refractivity contribution in [1.82, 2.24) is 5.32 Å². The molecule has 2 N–H and O–H groups in total. The summed E-state index contributed by atoms with van der Waals surface area (Å²) in [7, 11) is 0. The van der Waals surface area contributed by atoms with Crippen LogP contribution in [0.4, 0.5) is 0 Å². The molecule has 0 aliphatic heterocycles. The highest BCUT2D eigenvalue weighted by atomic mass is 16.4. The molecule has 1 aromatic carbocycles. The van der Waals surface area contributed by atoms with Gasteiger partial charge in [-0.15, -0.1) is 0 Å². The van der Waals surface area contributed by atoms with Crippen molar-refractivity contribution in [2.45, 2.75) is 84.2 Å². The zero-order chi connectivity index (χ0) is 16.9. The second-order valence-corrected chi connectivity index (χ2v) is 6.55. The molecule has 3 nitrogen and oxygen atoms in total. The fourth-order valence-electron chi connectivity index (χ4n) is 2.67. The van der Waals surface area contributed by atoms with Crippen molar-refractivity contribution in [3.8, 4) is 0 Å². The van der Waals surface area contributed by atoms with E-state index in [2.05, 4.69) is 36.5 Å². The summed E-state index contributed by atoms with van der Waals surface area (Å²) in [5.41, 5.74) is 2.68. The standard InChI is InChI=1S/C20H33NO2/c1-3-4-5-6-7-8-9-18-11-13-19(14-12-18)16-21-17(2)10-15-20(22)23/h11-14,17,21H,3-10,15-16H2,1-2H3,(H,22,23). The zero-order valence-corrected chi connectivity index (χ0v) is 14.8. The first-order valence-electron chi connectivity index (χ1n) is 9.14. The Morgan fingerprint density at radius 1 is 1.04 bits per heavy atom. The van der Waals surface area contributed by atoms with Crippen LogP contribution in [0, 0.1) is 0 Å². The first-order chi connectivity index (χ1) is 11.1. The Bertz CT molecular complexity index is 428. The molecule has 0 aliphatic carbocycles. The summed E-state index contributed by atoms with van der Waals surface area (Å²) in [4.78, 5) is 10.5. The van der Waals surface area contributed by atoms with E-state index in [4.69, 9.17) is 5.11 Å². The maximum Gasteiger partial charge on any atom is 0.303 e. The van der Waals surface area contributed by atoms with Crippen LogP contribution in [0.5, 0.6) is 0 Å². The SMILES string of the molecule is CCCCCCCCc1ccc(CNC(C)CCC(=O)O)cc1. The summed E-state index contributed by atoms with van der Waals surface area (Å²) < 4.78 is 0. The number of aliphatic carboxylic acids is 1. The lowest BCUT2D eigenvalue weighted by molar-refractivity contribution is -0.137. The number of unbranched alkanes of at least 4 members (excludes halogenated alkanes) is 5. The minimum absolute atomic E-state index is 0.228. The minimum Gasteiger partial charge on any atom is -0.481 e. The third kappa shape index (κ3) is 10.1. The van der Waals surface area contributed by atoms with Crippen molar-refractivity contribution in [3.05, 3.63) is 35.4 Å². The smallest absolute Gasteiger partial charge is 0.303 e. The van der Waals surface area contributed by atoms with Crippen LogP contribution in [-0.4, -0.2) is 17.1 Å². The number of carboxylic acid groups (broad SMARTS) is 1. The summed E-state index contributed by atoms with van der Waals surface area (Å²) in [5, 5.41) is 12.1. The number of hydrogen-bond donors (Lipinski definition) is 2. The number of hydrogen-bond acceptors (Lipinski definition) is 2. The second-order valence-electron chi connectivity index (χ2n) is 6.55. The van der Waals surface area contributed by atoms with Gasteiger partial charge in [0.1, 0.15) is 0 Å². The Kier molecular flexibility index (Phi) is 10.4. The normalized spacial score (nSPS) is 12.3. The van der Waals surface area contributed by atoms with Gasteiger partial charge in [0, 0.05) is 19.0 Å². The predicted octanol–water partition coefficient (Wildman–Crippen LogP) is 4.93. The summed E-state index contributed by atoms with van der Waals surface area (Å²) in [6.45, 7) is 5.09. The van der Waals surface area contributed by atoms with Gasteiger partial charge in [-0.25, -0.2) is 0 Å². The molecule has 0 aromatic heterocycles. The van der Waals surface area contributed by atoms with E-state index in [-0.39, 0.29) is 12.5 Å². The molecule has 23 heavy (non-hydrogen) atoms. The van der Waals surface area contributed by atoms with E-state index in [0.717, 1.165) is 6.54 Å². The Labute approximate surface area is 141 Å². The van der Waals surface area contributed by atoms with E-state index in [1.165, 1.54) is 56.1 Å². The third-order valence-corrected chi connectivity index (χ3v) is 4.29. The van der Waals surface area contributed by atoms with Crippen LogP contribution < -0.4 is 5.32 Å². The Morgan fingerprint density at radius 3 is 2.30 bits per heavy atom. The van der Waals surface area contributed by atoms with E-state index in [0.29, 0.717) is 6.42 Å². The minimum atomic E-state index is -0.724. The van der Waals surface area contributed by atoms with Crippen molar-refractivity contribution in [2.75, 3.05) is 0 Å². The Balaban J connectivity index is 2.18. The molecule has 0 spiro atoms. The van der Waals surface area contributed by atoms with Crippen molar-refractivity contribution < 1.29 is 9.90 Å².